The zero-order chi connectivity index (χ0) is 23.2. The van der Waals surface area contributed by atoms with Gasteiger partial charge in [0.25, 0.3) is 0 Å². The molecule has 1 unspecified atom stereocenters. The molecule has 0 spiro atoms. The number of aromatic nitrogens is 3. The second-order valence-electron chi connectivity index (χ2n) is 7.36. The zero-order valence-corrected chi connectivity index (χ0v) is 19.0. The van der Waals surface area contributed by atoms with E-state index < -0.39 is 5.25 Å². The van der Waals surface area contributed by atoms with E-state index in [9.17, 15) is 9.59 Å². The molecule has 2 aromatic heterocycles. The molecule has 9 heteroatoms. The van der Waals surface area contributed by atoms with Gasteiger partial charge in [0, 0.05) is 18.3 Å². The van der Waals surface area contributed by atoms with Crippen molar-refractivity contribution < 1.29 is 14.0 Å². The van der Waals surface area contributed by atoms with Crippen LogP contribution in [-0.4, -0.2) is 31.8 Å². The average Bonchev–Trinajstić information content (AvgIpc) is 3.46. The predicted molar refractivity (Wildman–Crippen MR) is 128 cm³/mol. The molecular formula is C24H23N5O3S. The maximum absolute atomic E-state index is 12.8. The molecule has 4 aromatic rings. The van der Waals surface area contributed by atoms with E-state index in [0.717, 1.165) is 5.56 Å². The molecule has 4 rings (SSSR count). The summed E-state index contributed by atoms with van der Waals surface area (Å²) in [6, 6.07) is 20.6. The first-order chi connectivity index (χ1) is 16.0. The van der Waals surface area contributed by atoms with Gasteiger partial charge >= 0.3 is 0 Å². The molecule has 1 atom stereocenters. The molecule has 0 aliphatic heterocycles. The van der Waals surface area contributed by atoms with E-state index in [1.807, 2.05) is 47.9 Å². The van der Waals surface area contributed by atoms with E-state index >= 15 is 0 Å². The fourth-order valence-electron chi connectivity index (χ4n) is 3.17. The highest BCUT2D eigenvalue weighted by Gasteiger charge is 2.22. The van der Waals surface area contributed by atoms with Gasteiger partial charge in [-0.15, -0.1) is 10.2 Å². The van der Waals surface area contributed by atoms with Gasteiger partial charge in [0.1, 0.15) is 0 Å². The topological polar surface area (TPSA) is 102 Å². The van der Waals surface area contributed by atoms with Gasteiger partial charge in [-0.25, -0.2) is 0 Å². The van der Waals surface area contributed by atoms with Crippen molar-refractivity contribution in [2.45, 2.75) is 30.8 Å². The van der Waals surface area contributed by atoms with Crippen molar-refractivity contribution >= 4 is 35.0 Å². The molecule has 8 nitrogen and oxygen atoms in total. The molecule has 0 fully saturated rings. The summed E-state index contributed by atoms with van der Waals surface area (Å²) >= 11 is 1.33. The van der Waals surface area contributed by atoms with Crippen LogP contribution in [0.25, 0.3) is 11.6 Å². The van der Waals surface area contributed by atoms with E-state index in [2.05, 4.69) is 20.8 Å². The first kappa shape index (κ1) is 22.3. The fourth-order valence-corrected chi connectivity index (χ4v) is 4.02. The minimum atomic E-state index is -0.428. The Bertz CT molecular complexity index is 1220. The number of benzene rings is 2. The fraction of sp³-hybridized carbons (Fsp3) is 0.167. The van der Waals surface area contributed by atoms with Crippen molar-refractivity contribution in [2.24, 2.45) is 0 Å². The Morgan fingerprint density at radius 1 is 0.970 bits per heavy atom. The van der Waals surface area contributed by atoms with Crippen molar-refractivity contribution in [1.29, 1.82) is 0 Å². The summed E-state index contributed by atoms with van der Waals surface area (Å²) in [5.41, 5.74) is 2.40. The standard InChI is InChI=1S/C24H23N5O3S/c1-16(23(31)26-20-12-10-19(11-13-20)25-17(2)30)33-24-28-27-22(21-9-6-14-32-21)29(24)15-18-7-4-3-5-8-18/h3-14,16H,15H2,1-2H3,(H,25,30)(H,26,31). The summed E-state index contributed by atoms with van der Waals surface area (Å²) in [6.45, 7) is 3.81. The number of furan rings is 1. The lowest BCUT2D eigenvalue weighted by Gasteiger charge is -2.14. The van der Waals surface area contributed by atoms with E-state index in [1.54, 1.807) is 36.6 Å². The van der Waals surface area contributed by atoms with Crippen LogP contribution in [0.4, 0.5) is 11.4 Å². The molecule has 0 bridgehead atoms. The van der Waals surface area contributed by atoms with Gasteiger partial charge in [-0.05, 0) is 48.9 Å². The van der Waals surface area contributed by atoms with Gasteiger partial charge in [-0.2, -0.15) is 0 Å². The number of amides is 2. The lowest BCUT2D eigenvalue weighted by molar-refractivity contribution is -0.115. The molecule has 0 radical (unpaired) electrons. The van der Waals surface area contributed by atoms with Crippen LogP contribution in [0.5, 0.6) is 0 Å². The van der Waals surface area contributed by atoms with Gasteiger partial charge < -0.3 is 15.1 Å². The van der Waals surface area contributed by atoms with Gasteiger partial charge in [-0.3, -0.25) is 14.2 Å². The monoisotopic (exact) mass is 461 g/mol. The minimum absolute atomic E-state index is 0.148. The molecule has 0 saturated heterocycles. The zero-order valence-electron chi connectivity index (χ0n) is 18.2. The van der Waals surface area contributed by atoms with Crippen molar-refractivity contribution in [2.75, 3.05) is 10.6 Å². The van der Waals surface area contributed by atoms with E-state index in [0.29, 0.717) is 34.7 Å². The largest absolute Gasteiger partial charge is 0.461 e. The van der Waals surface area contributed by atoms with Gasteiger partial charge in [0.15, 0.2) is 10.9 Å². The van der Waals surface area contributed by atoms with Crippen LogP contribution in [0.2, 0.25) is 0 Å². The SMILES string of the molecule is CC(=O)Nc1ccc(NC(=O)C(C)Sc2nnc(-c3ccco3)n2Cc2ccccc2)cc1. The van der Waals surface area contributed by atoms with Crippen LogP contribution >= 0.6 is 11.8 Å². The molecule has 33 heavy (non-hydrogen) atoms. The molecule has 2 aromatic carbocycles. The van der Waals surface area contributed by atoms with Crippen molar-refractivity contribution in [3.8, 4) is 11.6 Å². The summed E-state index contributed by atoms with van der Waals surface area (Å²) < 4.78 is 7.49. The molecule has 168 valence electrons. The molecule has 0 aliphatic carbocycles. The number of carbonyl (C=O) groups is 2. The molecule has 2 amide bonds. The van der Waals surface area contributed by atoms with Crippen LogP contribution in [0.3, 0.4) is 0 Å². The molecular weight excluding hydrogens is 438 g/mol. The lowest BCUT2D eigenvalue weighted by atomic mass is 10.2. The normalized spacial score (nSPS) is 11.7. The number of rotatable bonds is 8. The van der Waals surface area contributed by atoms with Crippen molar-refractivity contribution in [3.05, 3.63) is 78.6 Å². The Labute approximate surface area is 195 Å². The van der Waals surface area contributed by atoms with E-state index in [4.69, 9.17) is 4.42 Å². The first-order valence-electron chi connectivity index (χ1n) is 10.4. The van der Waals surface area contributed by atoms with Crippen LogP contribution < -0.4 is 10.6 Å². The molecule has 0 saturated carbocycles. The van der Waals surface area contributed by atoms with Crippen LogP contribution in [0.15, 0.2) is 82.6 Å². The second-order valence-corrected chi connectivity index (χ2v) is 8.67. The molecule has 2 N–H and O–H groups in total. The number of thioether (sulfide) groups is 1. The maximum atomic E-state index is 12.8. The minimum Gasteiger partial charge on any atom is -0.461 e. The van der Waals surface area contributed by atoms with E-state index in [1.165, 1.54) is 18.7 Å². The van der Waals surface area contributed by atoms with Gasteiger partial charge in [0.05, 0.1) is 18.1 Å². The van der Waals surface area contributed by atoms with E-state index in [-0.39, 0.29) is 11.8 Å². The maximum Gasteiger partial charge on any atom is 0.237 e. The van der Waals surface area contributed by atoms with Crippen molar-refractivity contribution in [3.63, 3.8) is 0 Å². The highest BCUT2D eigenvalue weighted by Crippen LogP contribution is 2.28. The predicted octanol–water partition coefficient (Wildman–Crippen LogP) is 4.66. The number of nitrogens with one attached hydrogen (secondary N) is 2. The molecule has 2 heterocycles. The number of anilines is 2. The Morgan fingerprint density at radius 3 is 2.30 bits per heavy atom. The number of carbonyl (C=O) groups excluding carboxylic acids is 2. The number of hydrogen-bond acceptors (Lipinski definition) is 6. The lowest BCUT2D eigenvalue weighted by Crippen LogP contribution is -2.23. The summed E-state index contributed by atoms with van der Waals surface area (Å²) in [6.07, 6.45) is 1.59. The third-order valence-electron chi connectivity index (χ3n) is 4.77. The quantitative estimate of drug-likeness (QED) is 0.370. The first-order valence-corrected chi connectivity index (χ1v) is 11.2. The highest BCUT2D eigenvalue weighted by atomic mass is 32.2. The Hall–Kier alpha value is -3.85. The van der Waals surface area contributed by atoms with Crippen molar-refractivity contribution in [1.82, 2.24) is 14.8 Å². The smallest absolute Gasteiger partial charge is 0.237 e. The average molecular weight is 462 g/mol. The summed E-state index contributed by atoms with van der Waals surface area (Å²) in [4.78, 5) is 24.0. The highest BCUT2D eigenvalue weighted by molar-refractivity contribution is 8.00. The van der Waals surface area contributed by atoms with Crippen LogP contribution in [-0.2, 0) is 16.1 Å². The van der Waals surface area contributed by atoms with Gasteiger partial charge in [0.2, 0.25) is 17.6 Å². The summed E-state index contributed by atoms with van der Waals surface area (Å²) in [7, 11) is 0. The van der Waals surface area contributed by atoms with Crippen LogP contribution in [0.1, 0.15) is 19.4 Å². The Kier molecular flexibility index (Phi) is 6.89. The van der Waals surface area contributed by atoms with Crippen LogP contribution in [0, 0.1) is 0 Å². The number of hydrogen-bond donors (Lipinski definition) is 2. The molecule has 0 aliphatic rings. The Morgan fingerprint density at radius 2 is 1.67 bits per heavy atom. The summed E-state index contributed by atoms with van der Waals surface area (Å²) in [5.74, 6) is 0.903. The second kappa shape index (κ2) is 10.2. The number of nitrogens with zero attached hydrogens (tertiary/aromatic N) is 3. The third kappa shape index (κ3) is 5.69. The Balaban J connectivity index is 1.49. The summed E-state index contributed by atoms with van der Waals surface area (Å²) in [5, 5.41) is 14.4. The third-order valence-corrected chi connectivity index (χ3v) is 5.85. The van der Waals surface area contributed by atoms with Gasteiger partial charge in [-0.1, -0.05) is 42.1 Å².